The fourth-order valence-electron chi connectivity index (χ4n) is 4.50. The average Bonchev–Trinajstić information content (AvgIpc) is 3.16. The van der Waals surface area contributed by atoms with Gasteiger partial charge in [-0.05, 0) is 69.1 Å². The number of imidazole rings is 1. The van der Waals surface area contributed by atoms with Crippen molar-refractivity contribution in [2.45, 2.75) is 58.1 Å². The summed E-state index contributed by atoms with van der Waals surface area (Å²) < 4.78 is 19.0. The van der Waals surface area contributed by atoms with Gasteiger partial charge in [-0.2, -0.15) is 0 Å². The van der Waals surface area contributed by atoms with Crippen LogP contribution in [0.3, 0.4) is 0 Å². The molecule has 4 N–H and O–H groups in total. The maximum atomic E-state index is 11.3. The predicted molar refractivity (Wildman–Crippen MR) is 122 cm³/mol. The van der Waals surface area contributed by atoms with Gasteiger partial charge in [-0.25, -0.2) is 4.98 Å². The Morgan fingerprint density at radius 2 is 1.97 bits per heavy atom. The lowest BCUT2D eigenvalue weighted by Crippen LogP contribution is -2.16. The number of aromatic nitrogens is 2. The van der Waals surface area contributed by atoms with Gasteiger partial charge in [0.1, 0.15) is 0 Å². The summed E-state index contributed by atoms with van der Waals surface area (Å²) in [5, 5.41) is 0. The van der Waals surface area contributed by atoms with Crippen LogP contribution < -0.4 is 5.73 Å². The van der Waals surface area contributed by atoms with Gasteiger partial charge in [-0.15, -0.1) is 0 Å². The molecular formula is C22H33N4O4P. The highest BCUT2D eigenvalue weighted by atomic mass is 31.2. The Kier molecular flexibility index (Phi) is 8.06. The number of rotatable bonds is 9. The zero-order valence-corrected chi connectivity index (χ0v) is 19.1. The van der Waals surface area contributed by atoms with E-state index in [2.05, 4.69) is 34.2 Å². The summed E-state index contributed by atoms with van der Waals surface area (Å²) in [6.45, 7) is 4.98. The summed E-state index contributed by atoms with van der Waals surface area (Å²) in [6.07, 6.45) is 6.63. The molecule has 1 aliphatic rings. The van der Waals surface area contributed by atoms with Crippen LogP contribution >= 0.6 is 7.60 Å². The molecule has 0 aliphatic heterocycles. The Bertz CT molecular complexity index is 914. The van der Waals surface area contributed by atoms with E-state index in [1.54, 1.807) is 6.33 Å². The van der Waals surface area contributed by atoms with Gasteiger partial charge in [0.2, 0.25) is 0 Å². The second-order valence-corrected chi connectivity index (χ2v) is 9.88. The van der Waals surface area contributed by atoms with Gasteiger partial charge in [0.15, 0.2) is 0 Å². The lowest BCUT2D eigenvalue weighted by molar-refractivity contribution is 0.0729. The quantitative estimate of drug-likeness (QED) is 0.304. The van der Waals surface area contributed by atoms with E-state index in [-0.39, 0.29) is 18.2 Å². The summed E-state index contributed by atoms with van der Waals surface area (Å²) in [5.74, 6) is 0.554. The zero-order valence-electron chi connectivity index (χ0n) is 18.2. The third-order valence-electron chi connectivity index (χ3n) is 6.03. The Morgan fingerprint density at radius 1 is 1.29 bits per heavy atom. The molecule has 0 saturated heterocycles. The van der Waals surface area contributed by atoms with Crippen molar-refractivity contribution in [1.29, 1.82) is 0 Å². The molecule has 31 heavy (non-hydrogen) atoms. The van der Waals surface area contributed by atoms with Crippen molar-refractivity contribution in [3.05, 3.63) is 47.5 Å². The molecule has 0 bridgehead atoms. The SMILES string of the molecule is CCOC(C)c1ncn(-c2ccc(C3CCC(CP(=O)(O)O)CC3)cc2)c1CN=CN. The Hall–Kier alpha value is -1.99. The number of ether oxygens (including phenoxy) is 1. The highest BCUT2D eigenvalue weighted by Gasteiger charge is 2.27. The monoisotopic (exact) mass is 448 g/mol. The molecule has 8 nitrogen and oxygen atoms in total. The lowest BCUT2D eigenvalue weighted by atomic mass is 9.79. The highest BCUT2D eigenvalue weighted by Crippen LogP contribution is 2.44. The number of hydrogen-bond donors (Lipinski definition) is 3. The molecule has 170 valence electrons. The molecule has 0 radical (unpaired) electrons. The lowest BCUT2D eigenvalue weighted by Gasteiger charge is -2.29. The van der Waals surface area contributed by atoms with Gasteiger partial charge in [-0.1, -0.05) is 12.1 Å². The zero-order chi connectivity index (χ0) is 22.4. The summed E-state index contributed by atoms with van der Waals surface area (Å²) in [6, 6.07) is 8.46. The van der Waals surface area contributed by atoms with Gasteiger partial charge >= 0.3 is 7.60 Å². The Labute approximate surface area is 183 Å². The van der Waals surface area contributed by atoms with E-state index in [0.29, 0.717) is 19.1 Å². The van der Waals surface area contributed by atoms with Gasteiger partial charge < -0.3 is 24.8 Å². The van der Waals surface area contributed by atoms with E-state index in [0.717, 1.165) is 42.8 Å². The first-order valence-electron chi connectivity index (χ1n) is 10.8. The molecule has 0 amide bonds. The van der Waals surface area contributed by atoms with E-state index >= 15 is 0 Å². The molecule has 2 aromatic rings. The molecule has 1 aromatic carbocycles. The van der Waals surface area contributed by atoms with Gasteiger partial charge in [0.25, 0.3) is 0 Å². The smallest absolute Gasteiger partial charge is 0.325 e. The fourth-order valence-corrected chi connectivity index (χ4v) is 5.53. The number of nitrogens with two attached hydrogens (primary N) is 1. The number of hydrogen-bond acceptors (Lipinski definition) is 4. The van der Waals surface area contributed by atoms with Crippen molar-refractivity contribution < 1.29 is 19.1 Å². The average molecular weight is 449 g/mol. The standard InChI is InChI=1S/C22H33N4O4P/c1-3-30-16(2)22-21(12-24-14-23)26(15-25-22)20-10-8-19(9-11-20)18-6-4-17(5-7-18)13-31(27,28)29/h8-11,14-18H,3-7,12-13H2,1-2H3,(H2,23,24)(H2,27,28,29). The normalized spacial score (nSPS) is 20.9. The minimum atomic E-state index is -3.92. The van der Waals surface area contributed by atoms with Crippen LogP contribution in [0.4, 0.5) is 0 Å². The first-order chi connectivity index (χ1) is 14.8. The minimum absolute atomic E-state index is 0.00977. The molecule has 1 saturated carbocycles. The maximum Gasteiger partial charge on any atom is 0.325 e. The molecule has 1 unspecified atom stereocenters. The van der Waals surface area contributed by atoms with Crippen molar-refractivity contribution in [2.24, 2.45) is 16.6 Å². The van der Waals surface area contributed by atoms with E-state index in [4.69, 9.17) is 10.5 Å². The van der Waals surface area contributed by atoms with Crippen LogP contribution in [-0.2, 0) is 15.8 Å². The van der Waals surface area contributed by atoms with Gasteiger partial charge in [0, 0.05) is 12.3 Å². The minimum Gasteiger partial charge on any atom is -0.390 e. The summed E-state index contributed by atoms with van der Waals surface area (Å²) in [4.78, 5) is 27.2. The van der Waals surface area contributed by atoms with Crippen LogP contribution in [0.15, 0.2) is 35.6 Å². The Morgan fingerprint density at radius 3 is 2.55 bits per heavy atom. The van der Waals surface area contributed by atoms with E-state index in [9.17, 15) is 14.4 Å². The third kappa shape index (κ3) is 6.26. The molecular weight excluding hydrogens is 415 g/mol. The van der Waals surface area contributed by atoms with Crippen molar-refractivity contribution in [3.8, 4) is 5.69 Å². The molecule has 1 aromatic heterocycles. The number of benzene rings is 1. The molecule has 3 rings (SSSR count). The van der Waals surface area contributed by atoms with Gasteiger partial charge in [0.05, 0.1) is 42.9 Å². The van der Waals surface area contributed by atoms with Crippen LogP contribution in [-0.4, -0.2) is 38.4 Å². The van der Waals surface area contributed by atoms with Crippen molar-refractivity contribution in [1.82, 2.24) is 9.55 Å². The van der Waals surface area contributed by atoms with Crippen LogP contribution in [0.25, 0.3) is 5.69 Å². The second kappa shape index (κ2) is 10.6. The van der Waals surface area contributed by atoms with Crippen molar-refractivity contribution in [3.63, 3.8) is 0 Å². The summed E-state index contributed by atoms with van der Waals surface area (Å²) >= 11 is 0. The van der Waals surface area contributed by atoms with Crippen molar-refractivity contribution in [2.75, 3.05) is 12.8 Å². The fraction of sp³-hybridized carbons (Fsp3) is 0.545. The largest absolute Gasteiger partial charge is 0.390 e. The van der Waals surface area contributed by atoms with E-state index < -0.39 is 7.60 Å². The molecule has 0 spiro atoms. The molecule has 1 aliphatic carbocycles. The predicted octanol–water partition coefficient (Wildman–Crippen LogP) is 3.91. The highest BCUT2D eigenvalue weighted by molar-refractivity contribution is 7.51. The molecule has 1 fully saturated rings. The van der Waals surface area contributed by atoms with Crippen LogP contribution in [0.5, 0.6) is 0 Å². The molecule has 1 heterocycles. The van der Waals surface area contributed by atoms with Crippen LogP contribution in [0.1, 0.15) is 68.5 Å². The van der Waals surface area contributed by atoms with Crippen molar-refractivity contribution >= 4 is 13.9 Å². The first-order valence-corrected chi connectivity index (χ1v) is 12.6. The van der Waals surface area contributed by atoms with E-state index in [1.165, 1.54) is 11.9 Å². The first kappa shape index (κ1) is 23.7. The number of aliphatic imine (C=N–C) groups is 1. The van der Waals surface area contributed by atoms with Crippen LogP contribution in [0.2, 0.25) is 0 Å². The summed E-state index contributed by atoms with van der Waals surface area (Å²) in [5.41, 5.74) is 9.55. The maximum absolute atomic E-state index is 11.3. The number of nitrogens with zero attached hydrogens (tertiary/aromatic N) is 3. The topological polar surface area (TPSA) is 123 Å². The van der Waals surface area contributed by atoms with Gasteiger partial charge in [-0.3, -0.25) is 9.56 Å². The van der Waals surface area contributed by atoms with E-state index in [1.807, 2.05) is 18.4 Å². The molecule has 1 atom stereocenters. The second-order valence-electron chi connectivity index (χ2n) is 8.19. The molecule has 9 heteroatoms. The summed E-state index contributed by atoms with van der Waals surface area (Å²) in [7, 11) is -3.92. The third-order valence-corrected chi connectivity index (χ3v) is 7.02. The Balaban J connectivity index is 1.74. The van der Waals surface area contributed by atoms with Crippen LogP contribution in [0, 0.1) is 5.92 Å².